The van der Waals surface area contributed by atoms with Gasteiger partial charge >= 0.3 is 29.8 Å². The van der Waals surface area contributed by atoms with Crippen LogP contribution in [0.25, 0.3) is 0 Å². The fraction of sp³-hybridized carbons (Fsp3) is 0.615. The van der Waals surface area contributed by atoms with E-state index in [4.69, 9.17) is 29.4 Å². The summed E-state index contributed by atoms with van der Waals surface area (Å²) in [6.07, 6.45) is -0.316. The Morgan fingerprint density at radius 3 is 2.21 bits per heavy atom. The molecular weight excluding hydrogens is 674 g/mol. The van der Waals surface area contributed by atoms with Crippen molar-refractivity contribution in [2.45, 2.75) is 147 Å². The van der Waals surface area contributed by atoms with Gasteiger partial charge in [0, 0.05) is 37.4 Å². The second-order valence-corrected chi connectivity index (χ2v) is 14.5. The molecule has 13 heteroatoms. The van der Waals surface area contributed by atoms with E-state index in [2.05, 4.69) is 6.92 Å². The van der Waals surface area contributed by atoms with Gasteiger partial charge in [-0.2, -0.15) is 0 Å². The van der Waals surface area contributed by atoms with Crippen molar-refractivity contribution in [3.8, 4) is 0 Å². The number of aryl methyl sites for hydroxylation is 1. The number of ether oxygens (including phenoxy) is 5. The molecule has 0 bridgehead atoms. The molecule has 3 aliphatic rings. The summed E-state index contributed by atoms with van der Waals surface area (Å²) >= 11 is 0. The summed E-state index contributed by atoms with van der Waals surface area (Å²) in [6, 6.07) is 6.90. The molecule has 0 unspecified atom stereocenters. The van der Waals surface area contributed by atoms with Crippen LogP contribution < -0.4 is 5.73 Å². The van der Waals surface area contributed by atoms with Gasteiger partial charge in [-0.3, -0.25) is 14.4 Å². The lowest BCUT2D eigenvalue weighted by Gasteiger charge is -2.41. The number of carbonyl (C=O) groups excluding carboxylic acids is 5. The molecule has 1 aromatic rings. The van der Waals surface area contributed by atoms with E-state index in [9.17, 15) is 34.2 Å². The first-order valence-corrected chi connectivity index (χ1v) is 18.0. The Labute approximate surface area is 304 Å². The molecule has 1 saturated heterocycles. The third kappa shape index (κ3) is 8.05. The van der Waals surface area contributed by atoms with E-state index in [-0.39, 0.29) is 36.0 Å². The quantitative estimate of drug-likeness (QED) is 0.0612. The van der Waals surface area contributed by atoms with Crippen molar-refractivity contribution in [3.63, 3.8) is 0 Å². The summed E-state index contributed by atoms with van der Waals surface area (Å²) in [5.74, 6) is -5.19. The number of fused-ring (bicyclic) bond motifs is 3. The Balaban J connectivity index is 1.81. The summed E-state index contributed by atoms with van der Waals surface area (Å²) < 4.78 is 29.7. The number of unbranched alkanes of at least 4 members (excludes halogenated alkanes) is 4. The largest absolute Gasteiger partial charge is 0.459 e. The van der Waals surface area contributed by atoms with Crippen LogP contribution in [0.2, 0.25) is 0 Å². The second kappa shape index (κ2) is 16.2. The van der Waals surface area contributed by atoms with Gasteiger partial charge in [-0.05, 0) is 76.3 Å². The predicted molar refractivity (Wildman–Crippen MR) is 188 cm³/mol. The zero-order valence-electron chi connectivity index (χ0n) is 31.2. The number of hydrogen-bond acceptors (Lipinski definition) is 13. The molecule has 8 atom stereocenters. The highest BCUT2D eigenvalue weighted by molar-refractivity contribution is 5.88. The summed E-state index contributed by atoms with van der Waals surface area (Å²) in [4.78, 5) is 66.3. The van der Waals surface area contributed by atoms with Crippen LogP contribution >= 0.6 is 0 Å². The first-order chi connectivity index (χ1) is 24.4. The van der Waals surface area contributed by atoms with Crippen molar-refractivity contribution in [1.82, 2.24) is 0 Å². The number of rotatable bonds is 14. The Morgan fingerprint density at radius 1 is 0.962 bits per heavy atom. The third-order valence-electron chi connectivity index (χ3n) is 10.7. The molecule has 0 amide bonds. The second-order valence-electron chi connectivity index (χ2n) is 14.5. The molecule has 4 rings (SSSR count). The normalized spacial score (nSPS) is 31.2. The van der Waals surface area contributed by atoms with Crippen molar-refractivity contribution in [3.05, 3.63) is 52.6 Å². The number of benzene rings is 1. The van der Waals surface area contributed by atoms with Gasteiger partial charge in [0.1, 0.15) is 11.7 Å². The van der Waals surface area contributed by atoms with E-state index in [1.165, 1.54) is 13.8 Å². The highest BCUT2D eigenvalue weighted by Gasteiger charge is 2.76. The lowest BCUT2D eigenvalue weighted by molar-refractivity contribution is -0.212. The summed E-state index contributed by atoms with van der Waals surface area (Å²) in [5, 5.41) is 24.3. The molecule has 13 nitrogen and oxygen atoms in total. The highest BCUT2D eigenvalue weighted by atomic mass is 16.6. The topological polar surface area (TPSA) is 198 Å². The van der Waals surface area contributed by atoms with Crippen molar-refractivity contribution in [2.24, 2.45) is 5.92 Å². The standard InChI is InChI=1S/C39H53NO12/c1-8-10-11-12-13-14-28(42)49-33-31-30(23(4)32(33)50-35(44)22(3)9-2)34-39(47,38(7,46)36(45)51-34)27(21-37(31,6)52-24(5)41)48-29(43)20-17-25-15-18-26(40)19-16-25/h9,15-16,18-19,27,31-34,46-47H,8,10-14,17,20-21,40H2,1-7H3/b22-9-/t27-,31+,32-,33-,34-,37-,38+,39+/m0/s1. The van der Waals surface area contributed by atoms with Crippen LogP contribution in [0.5, 0.6) is 0 Å². The SMILES string of the molecule is C/C=C(/C)C(=O)O[C@H]1C(C)=C2[C@H]([C@@H]1OC(=O)CCCCCCC)[C@@](C)(OC(C)=O)C[C@H](OC(=O)CCc1ccc(N)cc1)[C@@]1(O)[C@H]2OC(=O)[C@@]1(C)O. The number of nitrogen functional groups attached to an aromatic ring is 1. The average Bonchev–Trinajstić information content (AvgIpc) is 3.41. The van der Waals surface area contributed by atoms with E-state index in [1.54, 1.807) is 51.1 Å². The van der Waals surface area contributed by atoms with Crippen LogP contribution in [0.4, 0.5) is 5.69 Å². The maximum Gasteiger partial charge on any atom is 0.341 e. The van der Waals surface area contributed by atoms with Gasteiger partial charge in [0.15, 0.2) is 29.5 Å². The van der Waals surface area contributed by atoms with E-state index in [0.29, 0.717) is 12.1 Å². The van der Waals surface area contributed by atoms with Gasteiger partial charge in [-0.1, -0.05) is 50.8 Å². The third-order valence-corrected chi connectivity index (χ3v) is 10.7. The molecule has 4 N–H and O–H groups in total. The van der Waals surface area contributed by atoms with Gasteiger partial charge in [0.25, 0.3) is 0 Å². The van der Waals surface area contributed by atoms with Crippen molar-refractivity contribution in [2.75, 3.05) is 5.73 Å². The predicted octanol–water partition coefficient (Wildman–Crippen LogP) is 4.34. The van der Waals surface area contributed by atoms with Gasteiger partial charge in [0.05, 0.1) is 5.92 Å². The zero-order valence-corrected chi connectivity index (χ0v) is 31.2. The smallest absolute Gasteiger partial charge is 0.341 e. The Morgan fingerprint density at radius 2 is 1.60 bits per heavy atom. The van der Waals surface area contributed by atoms with Crippen LogP contribution in [0, 0.1) is 5.92 Å². The molecule has 0 aromatic heterocycles. The Kier molecular flexibility index (Phi) is 12.6. The molecule has 0 spiro atoms. The van der Waals surface area contributed by atoms with Crippen molar-refractivity contribution >= 4 is 35.5 Å². The number of carbonyl (C=O) groups is 5. The first kappa shape index (κ1) is 40.5. The Bertz CT molecular complexity index is 1600. The molecule has 52 heavy (non-hydrogen) atoms. The minimum atomic E-state index is -2.63. The number of anilines is 1. The highest BCUT2D eigenvalue weighted by Crippen LogP contribution is 2.57. The fourth-order valence-corrected chi connectivity index (χ4v) is 7.63. The molecule has 0 radical (unpaired) electrons. The lowest BCUT2D eigenvalue weighted by Crippen LogP contribution is -2.64. The van der Waals surface area contributed by atoms with Gasteiger partial charge in [0.2, 0.25) is 0 Å². The molecule has 1 saturated carbocycles. The maximum absolute atomic E-state index is 13.5. The minimum absolute atomic E-state index is 0.0610. The number of hydrogen-bond donors (Lipinski definition) is 3. The molecule has 1 aromatic carbocycles. The molecule has 1 aliphatic heterocycles. The first-order valence-electron chi connectivity index (χ1n) is 18.0. The van der Waals surface area contributed by atoms with Crippen LogP contribution in [0.1, 0.15) is 105 Å². The Hall–Kier alpha value is -4.23. The molecular formula is C39H53NO12. The maximum atomic E-state index is 13.5. The molecule has 2 fully saturated rings. The summed E-state index contributed by atoms with van der Waals surface area (Å²) in [7, 11) is 0. The molecule has 2 aliphatic carbocycles. The minimum Gasteiger partial charge on any atom is -0.459 e. The van der Waals surface area contributed by atoms with Crippen LogP contribution in [-0.4, -0.2) is 81.3 Å². The van der Waals surface area contributed by atoms with Gasteiger partial charge in [-0.25, -0.2) is 9.59 Å². The number of allylic oxidation sites excluding steroid dienone is 1. The van der Waals surface area contributed by atoms with E-state index < -0.39 is 83.4 Å². The van der Waals surface area contributed by atoms with Gasteiger partial charge < -0.3 is 39.6 Å². The number of aliphatic hydroxyl groups is 2. The zero-order chi connectivity index (χ0) is 38.6. The van der Waals surface area contributed by atoms with E-state index in [0.717, 1.165) is 38.2 Å². The van der Waals surface area contributed by atoms with Gasteiger partial charge in [-0.15, -0.1) is 0 Å². The average molecular weight is 728 g/mol. The van der Waals surface area contributed by atoms with E-state index in [1.807, 2.05) is 0 Å². The van der Waals surface area contributed by atoms with Crippen molar-refractivity contribution < 1.29 is 57.9 Å². The molecule has 286 valence electrons. The monoisotopic (exact) mass is 727 g/mol. The summed E-state index contributed by atoms with van der Waals surface area (Å²) in [5.41, 5.74) is 0.789. The van der Waals surface area contributed by atoms with Crippen LogP contribution in [0.15, 0.2) is 47.1 Å². The van der Waals surface area contributed by atoms with Crippen LogP contribution in [0.3, 0.4) is 0 Å². The lowest BCUT2D eigenvalue weighted by atomic mass is 9.75. The number of nitrogens with two attached hydrogens (primary N) is 1. The fourth-order valence-electron chi connectivity index (χ4n) is 7.63. The van der Waals surface area contributed by atoms with Crippen molar-refractivity contribution in [1.29, 1.82) is 0 Å². The van der Waals surface area contributed by atoms with E-state index >= 15 is 0 Å². The van der Waals surface area contributed by atoms with Crippen LogP contribution in [-0.2, 0) is 54.1 Å². The summed E-state index contributed by atoms with van der Waals surface area (Å²) in [6.45, 7) is 10.6. The molecule has 1 heterocycles. The number of esters is 5.